The van der Waals surface area contributed by atoms with E-state index >= 15 is 0 Å². The molecule has 1 aromatic rings. The fourth-order valence-corrected chi connectivity index (χ4v) is 1.96. The molecule has 1 aromatic heterocycles. The predicted molar refractivity (Wildman–Crippen MR) is 60.8 cm³/mol. The van der Waals surface area contributed by atoms with Crippen LogP contribution in [0.25, 0.3) is 0 Å². The molecule has 2 N–H and O–H groups in total. The molecule has 4 nitrogen and oxygen atoms in total. The van der Waals surface area contributed by atoms with Crippen molar-refractivity contribution < 1.29 is 0 Å². The Balaban J connectivity index is 2.57. The van der Waals surface area contributed by atoms with Crippen LogP contribution in [-0.2, 0) is 0 Å². The van der Waals surface area contributed by atoms with Gasteiger partial charge in [-0.15, -0.1) is 10.2 Å². The van der Waals surface area contributed by atoms with Gasteiger partial charge in [0.25, 0.3) is 0 Å². The zero-order valence-electron chi connectivity index (χ0n) is 8.86. The second-order valence-electron chi connectivity index (χ2n) is 3.23. The van der Waals surface area contributed by atoms with Gasteiger partial charge in [0, 0.05) is 19.6 Å². The van der Waals surface area contributed by atoms with Gasteiger partial charge in [-0.3, -0.25) is 0 Å². The smallest absolute Gasteiger partial charge is 0.208 e. The Labute approximate surface area is 89.1 Å². The van der Waals surface area contributed by atoms with E-state index in [0.717, 1.165) is 23.2 Å². The summed E-state index contributed by atoms with van der Waals surface area (Å²) < 4.78 is 0. The molecule has 0 saturated heterocycles. The van der Waals surface area contributed by atoms with Gasteiger partial charge >= 0.3 is 0 Å². The fraction of sp³-hybridized carbons (Fsp3) is 0.778. The Kier molecular flexibility index (Phi) is 4.82. The molecular weight excluding hydrogens is 196 g/mol. The third kappa shape index (κ3) is 3.23. The molecule has 1 heterocycles. The highest BCUT2D eigenvalue weighted by Gasteiger charge is 2.09. The topological polar surface area (TPSA) is 55.0 Å². The molecule has 0 aliphatic carbocycles. The number of nitrogens with two attached hydrogens (primary N) is 1. The van der Waals surface area contributed by atoms with Gasteiger partial charge in [-0.25, -0.2) is 0 Å². The minimum absolute atomic E-state index is 0.669. The number of aryl methyl sites for hydroxylation is 1. The molecule has 0 aliphatic rings. The maximum Gasteiger partial charge on any atom is 0.208 e. The fourth-order valence-electron chi connectivity index (χ4n) is 1.22. The van der Waals surface area contributed by atoms with Crippen LogP contribution in [0.3, 0.4) is 0 Å². The van der Waals surface area contributed by atoms with Crippen molar-refractivity contribution in [2.45, 2.75) is 26.7 Å². The SMILES string of the molecule is CCCCN(CCN)c1nnc(C)s1. The Morgan fingerprint density at radius 2 is 2.14 bits per heavy atom. The van der Waals surface area contributed by atoms with Gasteiger partial charge in [-0.2, -0.15) is 0 Å². The molecule has 0 bridgehead atoms. The number of hydrogen-bond donors (Lipinski definition) is 1. The van der Waals surface area contributed by atoms with Crippen molar-refractivity contribution in [3.05, 3.63) is 5.01 Å². The van der Waals surface area contributed by atoms with Gasteiger partial charge in [0.15, 0.2) is 0 Å². The molecule has 80 valence electrons. The monoisotopic (exact) mass is 214 g/mol. The van der Waals surface area contributed by atoms with Crippen molar-refractivity contribution in [3.8, 4) is 0 Å². The van der Waals surface area contributed by atoms with Crippen LogP contribution in [0.5, 0.6) is 0 Å². The minimum Gasteiger partial charge on any atom is -0.345 e. The Morgan fingerprint density at radius 1 is 1.36 bits per heavy atom. The summed E-state index contributed by atoms with van der Waals surface area (Å²) in [6, 6.07) is 0. The summed E-state index contributed by atoms with van der Waals surface area (Å²) >= 11 is 1.63. The number of aromatic nitrogens is 2. The highest BCUT2D eigenvalue weighted by Crippen LogP contribution is 2.19. The zero-order chi connectivity index (χ0) is 10.4. The van der Waals surface area contributed by atoms with E-state index in [1.54, 1.807) is 11.3 Å². The van der Waals surface area contributed by atoms with Crippen LogP contribution in [-0.4, -0.2) is 29.8 Å². The van der Waals surface area contributed by atoms with Gasteiger partial charge < -0.3 is 10.6 Å². The minimum atomic E-state index is 0.669. The van der Waals surface area contributed by atoms with Crippen LogP contribution in [0.15, 0.2) is 0 Å². The van der Waals surface area contributed by atoms with Crippen LogP contribution in [0, 0.1) is 6.92 Å². The maximum atomic E-state index is 5.56. The zero-order valence-corrected chi connectivity index (χ0v) is 9.68. The average molecular weight is 214 g/mol. The van der Waals surface area contributed by atoms with Crippen molar-refractivity contribution in [1.29, 1.82) is 0 Å². The van der Waals surface area contributed by atoms with Crippen LogP contribution in [0.2, 0.25) is 0 Å². The van der Waals surface area contributed by atoms with Crippen LogP contribution >= 0.6 is 11.3 Å². The first-order chi connectivity index (χ1) is 6.77. The van der Waals surface area contributed by atoms with E-state index < -0.39 is 0 Å². The van der Waals surface area contributed by atoms with Crippen molar-refractivity contribution >= 4 is 16.5 Å². The normalized spacial score (nSPS) is 10.5. The van der Waals surface area contributed by atoms with Gasteiger partial charge in [-0.1, -0.05) is 24.7 Å². The maximum absolute atomic E-state index is 5.56. The van der Waals surface area contributed by atoms with Crippen molar-refractivity contribution in [3.63, 3.8) is 0 Å². The van der Waals surface area contributed by atoms with E-state index in [0.29, 0.717) is 6.54 Å². The largest absolute Gasteiger partial charge is 0.345 e. The number of anilines is 1. The molecule has 0 amide bonds. The highest BCUT2D eigenvalue weighted by molar-refractivity contribution is 7.15. The average Bonchev–Trinajstić information content (AvgIpc) is 2.59. The number of rotatable bonds is 6. The van der Waals surface area contributed by atoms with Gasteiger partial charge in [0.1, 0.15) is 5.01 Å². The van der Waals surface area contributed by atoms with E-state index in [1.165, 1.54) is 12.8 Å². The Hall–Kier alpha value is -0.680. The second kappa shape index (κ2) is 5.93. The van der Waals surface area contributed by atoms with E-state index in [9.17, 15) is 0 Å². The summed E-state index contributed by atoms with van der Waals surface area (Å²) in [4.78, 5) is 2.22. The van der Waals surface area contributed by atoms with Gasteiger partial charge in [-0.05, 0) is 13.3 Å². The molecule has 0 spiro atoms. The Morgan fingerprint density at radius 3 is 2.64 bits per heavy atom. The molecule has 0 aromatic carbocycles. The summed E-state index contributed by atoms with van der Waals surface area (Å²) in [5.41, 5.74) is 5.56. The third-order valence-electron chi connectivity index (χ3n) is 1.97. The summed E-state index contributed by atoms with van der Waals surface area (Å²) in [6.45, 7) is 6.73. The lowest BCUT2D eigenvalue weighted by atomic mass is 10.3. The number of hydrogen-bond acceptors (Lipinski definition) is 5. The lowest BCUT2D eigenvalue weighted by Gasteiger charge is -2.19. The molecule has 0 saturated carbocycles. The highest BCUT2D eigenvalue weighted by atomic mass is 32.1. The molecule has 14 heavy (non-hydrogen) atoms. The van der Waals surface area contributed by atoms with Crippen molar-refractivity contribution in [1.82, 2.24) is 10.2 Å². The first-order valence-corrected chi connectivity index (χ1v) is 5.84. The first-order valence-electron chi connectivity index (χ1n) is 5.03. The van der Waals surface area contributed by atoms with Crippen LogP contribution < -0.4 is 10.6 Å². The summed E-state index contributed by atoms with van der Waals surface area (Å²) in [6.07, 6.45) is 2.37. The van der Waals surface area contributed by atoms with E-state index in [2.05, 4.69) is 22.0 Å². The lowest BCUT2D eigenvalue weighted by molar-refractivity contribution is 0.709. The summed E-state index contributed by atoms with van der Waals surface area (Å²) in [5, 5.41) is 10.2. The molecule has 0 radical (unpaired) electrons. The molecule has 0 atom stereocenters. The number of nitrogens with zero attached hydrogens (tertiary/aromatic N) is 3. The standard InChI is InChI=1S/C9H18N4S/c1-3-4-6-13(7-5-10)9-12-11-8(2)14-9/h3-7,10H2,1-2H3. The molecule has 0 fully saturated rings. The molecule has 5 heteroatoms. The Bertz CT molecular complexity index is 261. The molecule has 0 unspecified atom stereocenters. The summed E-state index contributed by atoms with van der Waals surface area (Å²) in [7, 11) is 0. The van der Waals surface area contributed by atoms with E-state index in [4.69, 9.17) is 5.73 Å². The van der Waals surface area contributed by atoms with Crippen molar-refractivity contribution in [2.75, 3.05) is 24.5 Å². The third-order valence-corrected chi connectivity index (χ3v) is 2.87. The van der Waals surface area contributed by atoms with Crippen LogP contribution in [0.1, 0.15) is 24.8 Å². The van der Waals surface area contributed by atoms with E-state index in [-0.39, 0.29) is 0 Å². The molecule has 1 rings (SSSR count). The lowest BCUT2D eigenvalue weighted by Crippen LogP contribution is -2.30. The number of unbranched alkanes of at least 4 members (excludes halogenated alkanes) is 1. The first kappa shape index (κ1) is 11.4. The van der Waals surface area contributed by atoms with E-state index in [1.807, 2.05) is 6.92 Å². The van der Waals surface area contributed by atoms with Crippen molar-refractivity contribution in [2.24, 2.45) is 5.73 Å². The quantitative estimate of drug-likeness (QED) is 0.778. The van der Waals surface area contributed by atoms with Crippen LogP contribution in [0.4, 0.5) is 5.13 Å². The van der Waals surface area contributed by atoms with Gasteiger partial charge in [0.05, 0.1) is 0 Å². The molecule has 0 aliphatic heterocycles. The predicted octanol–water partition coefficient (Wildman–Crippen LogP) is 1.41. The second-order valence-corrected chi connectivity index (χ2v) is 4.39. The van der Waals surface area contributed by atoms with Gasteiger partial charge in [0.2, 0.25) is 5.13 Å². The molecular formula is C9H18N4S. The summed E-state index contributed by atoms with van der Waals surface area (Å²) in [5.74, 6) is 0.